The van der Waals surface area contributed by atoms with Gasteiger partial charge in [-0.15, -0.1) is 21.9 Å². The molecule has 3 N–H and O–H groups in total. The fourth-order valence-corrected chi connectivity index (χ4v) is 3.98. The smallest absolute Gasteiger partial charge is 0.294 e. The van der Waals surface area contributed by atoms with E-state index in [1.807, 2.05) is 0 Å². The molecule has 0 aromatic heterocycles. The van der Waals surface area contributed by atoms with E-state index in [9.17, 15) is 19.7 Å². The van der Waals surface area contributed by atoms with Crippen LogP contribution in [0, 0.1) is 10.1 Å². The lowest BCUT2D eigenvalue weighted by Crippen LogP contribution is -2.54. The van der Waals surface area contributed by atoms with Gasteiger partial charge in [-0.05, 0) is 6.92 Å². The number of hydrogen-bond acceptors (Lipinski definition) is 9. The molecule has 3 aliphatic rings. The largest absolute Gasteiger partial charge is 0.371 e. The molecule has 0 spiro atoms. The predicted octanol–water partition coefficient (Wildman–Crippen LogP) is -1.99. The molecule has 3 heterocycles. The van der Waals surface area contributed by atoms with Crippen LogP contribution in [-0.4, -0.2) is 78.2 Å². The van der Waals surface area contributed by atoms with Gasteiger partial charge in [0.25, 0.3) is 5.09 Å². The number of hydrogen-bond donors (Lipinski definition) is 3. The van der Waals surface area contributed by atoms with Gasteiger partial charge in [0.1, 0.15) is 18.2 Å². The molecular weight excluding hydrogens is 356 g/mol. The number of thioether (sulfide) groups is 1. The normalized spacial score (nSPS) is 35.0. The molecule has 12 heteroatoms. The molecule has 3 aliphatic heterocycles. The van der Waals surface area contributed by atoms with Crippen LogP contribution in [0.5, 0.6) is 0 Å². The Morgan fingerprint density at radius 1 is 1.36 bits per heavy atom. The summed E-state index contributed by atoms with van der Waals surface area (Å²) in [7, 11) is 0. The summed E-state index contributed by atoms with van der Waals surface area (Å²) in [5.74, 6) is 0.804. The average molecular weight is 376 g/mol. The Morgan fingerprint density at radius 3 is 2.80 bits per heavy atom. The van der Waals surface area contributed by atoms with Crippen molar-refractivity contribution in [1.82, 2.24) is 16.0 Å². The zero-order valence-corrected chi connectivity index (χ0v) is 14.3. The first kappa shape index (κ1) is 18.2. The first-order chi connectivity index (χ1) is 12.0. The van der Waals surface area contributed by atoms with Crippen molar-refractivity contribution in [2.45, 2.75) is 43.4 Å². The van der Waals surface area contributed by atoms with E-state index < -0.39 is 35.5 Å². The molecular formula is C13H20N4O7S. The van der Waals surface area contributed by atoms with Crippen LogP contribution in [0.3, 0.4) is 0 Å². The maximum atomic E-state index is 12.3. The standard InChI is InChI=1S/C13H20N4O7S/c1-6(15-13(19)8-4-25-5-14-8)12(18)16-7-2-22-11-9(24-17(20)21)3-23-10(7)11/h6-11,14H,2-5H2,1H3,(H,15,19)(H,16,18)/t6-,7+,8+,9+,10-,11-/m1/s1. The van der Waals surface area contributed by atoms with Gasteiger partial charge in [0.05, 0.1) is 25.3 Å². The average Bonchev–Trinajstić information content (AvgIpc) is 3.27. The van der Waals surface area contributed by atoms with Gasteiger partial charge in [0, 0.05) is 11.6 Å². The van der Waals surface area contributed by atoms with Crippen molar-refractivity contribution in [1.29, 1.82) is 0 Å². The maximum absolute atomic E-state index is 12.3. The summed E-state index contributed by atoms with van der Waals surface area (Å²) in [5, 5.41) is 18.1. The summed E-state index contributed by atoms with van der Waals surface area (Å²) >= 11 is 1.62. The summed E-state index contributed by atoms with van der Waals surface area (Å²) in [6.07, 6.45) is -1.91. The third-order valence-corrected chi connectivity index (χ3v) is 5.28. The molecule has 0 bridgehead atoms. The van der Waals surface area contributed by atoms with Crippen LogP contribution >= 0.6 is 11.8 Å². The summed E-state index contributed by atoms with van der Waals surface area (Å²) in [6.45, 7) is 1.79. The highest BCUT2D eigenvalue weighted by Crippen LogP contribution is 2.28. The molecule has 0 unspecified atom stereocenters. The Kier molecular flexibility index (Phi) is 5.61. The van der Waals surface area contributed by atoms with Crippen molar-refractivity contribution >= 4 is 23.6 Å². The lowest BCUT2D eigenvalue weighted by molar-refractivity contribution is -0.769. The minimum absolute atomic E-state index is 0.0278. The predicted molar refractivity (Wildman–Crippen MR) is 85.1 cm³/mol. The number of carbonyl (C=O) groups is 2. The van der Waals surface area contributed by atoms with Gasteiger partial charge >= 0.3 is 0 Å². The van der Waals surface area contributed by atoms with Gasteiger partial charge in [-0.2, -0.15) is 0 Å². The molecule has 3 rings (SSSR count). The van der Waals surface area contributed by atoms with Crippen LogP contribution < -0.4 is 16.0 Å². The monoisotopic (exact) mass is 376 g/mol. The Balaban J connectivity index is 1.48. The number of fused-ring (bicyclic) bond motifs is 1. The SMILES string of the molecule is C[C@@H](NC(=O)[C@@H]1CSCN1)C(=O)N[C@H]1CO[C@H]2[C@@H]1OC[C@@H]2O[N+](=O)[O-]. The minimum atomic E-state index is -0.876. The fourth-order valence-electron chi connectivity index (χ4n) is 3.04. The van der Waals surface area contributed by atoms with Gasteiger partial charge in [-0.3, -0.25) is 14.9 Å². The highest BCUT2D eigenvalue weighted by molar-refractivity contribution is 7.99. The zero-order valence-electron chi connectivity index (χ0n) is 13.5. The van der Waals surface area contributed by atoms with Crippen LogP contribution in [-0.2, 0) is 23.9 Å². The third-order valence-electron chi connectivity index (χ3n) is 4.34. The summed E-state index contributed by atoms with van der Waals surface area (Å²) in [6, 6.07) is -1.46. The van der Waals surface area contributed by atoms with Gasteiger partial charge in [-0.1, -0.05) is 0 Å². The second kappa shape index (κ2) is 7.72. The highest BCUT2D eigenvalue weighted by Gasteiger charge is 2.50. The Morgan fingerprint density at radius 2 is 2.12 bits per heavy atom. The topological polar surface area (TPSA) is 141 Å². The quantitative estimate of drug-likeness (QED) is 0.355. The first-order valence-corrected chi connectivity index (χ1v) is 9.07. The molecule has 3 saturated heterocycles. The van der Waals surface area contributed by atoms with Gasteiger partial charge < -0.3 is 24.9 Å². The molecule has 6 atom stereocenters. The van der Waals surface area contributed by atoms with E-state index in [2.05, 4.69) is 20.8 Å². The van der Waals surface area contributed by atoms with Crippen molar-refractivity contribution in [2.24, 2.45) is 0 Å². The van der Waals surface area contributed by atoms with E-state index >= 15 is 0 Å². The molecule has 0 radical (unpaired) electrons. The lowest BCUT2D eigenvalue weighted by Gasteiger charge is -2.21. The third kappa shape index (κ3) is 4.14. The first-order valence-electron chi connectivity index (χ1n) is 7.92. The van der Waals surface area contributed by atoms with E-state index in [0.717, 1.165) is 0 Å². The Bertz CT molecular complexity index is 544. The molecule has 0 aromatic rings. The molecule has 140 valence electrons. The molecule has 0 aromatic carbocycles. The molecule has 0 saturated carbocycles. The minimum Gasteiger partial charge on any atom is -0.371 e. The summed E-state index contributed by atoms with van der Waals surface area (Å²) in [4.78, 5) is 39.3. The van der Waals surface area contributed by atoms with Crippen LogP contribution in [0.25, 0.3) is 0 Å². The van der Waals surface area contributed by atoms with E-state index in [1.165, 1.54) is 0 Å². The Labute approximate surface area is 147 Å². The molecule has 2 amide bonds. The summed E-state index contributed by atoms with van der Waals surface area (Å²) in [5.41, 5.74) is 0. The van der Waals surface area contributed by atoms with Gasteiger partial charge in [0.15, 0.2) is 6.10 Å². The number of amides is 2. The van der Waals surface area contributed by atoms with Crippen molar-refractivity contribution in [2.75, 3.05) is 24.8 Å². The van der Waals surface area contributed by atoms with Gasteiger partial charge in [-0.25, -0.2) is 0 Å². The van der Waals surface area contributed by atoms with Crippen molar-refractivity contribution in [3.8, 4) is 0 Å². The highest BCUT2D eigenvalue weighted by atomic mass is 32.2. The van der Waals surface area contributed by atoms with E-state index in [4.69, 9.17) is 9.47 Å². The number of nitrogens with zero attached hydrogens (tertiary/aromatic N) is 1. The van der Waals surface area contributed by atoms with Crippen LogP contribution in [0.2, 0.25) is 0 Å². The number of nitrogens with one attached hydrogen (secondary N) is 3. The number of ether oxygens (including phenoxy) is 2. The molecule has 0 aliphatic carbocycles. The second-order valence-electron chi connectivity index (χ2n) is 6.08. The molecule has 25 heavy (non-hydrogen) atoms. The Hall–Kier alpha value is -1.63. The van der Waals surface area contributed by atoms with E-state index in [1.54, 1.807) is 18.7 Å². The van der Waals surface area contributed by atoms with Crippen molar-refractivity contribution in [3.63, 3.8) is 0 Å². The van der Waals surface area contributed by atoms with Crippen LogP contribution in [0.4, 0.5) is 0 Å². The van der Waals surface area contributed by atoms with Crippen molar-refractivity contribution in [3.05, 3.63) is 10.1 Å². The molecule has 11 nitrogen and oxygen atoms in total. The second-order valence-corrected chi connectivity index (χ2v) is 7.11. The summed E-state index contributed by atoms with van der Waals surface area (Å²) < 4.78 is 11.0. The van der Waals surface area contributed by atoms with E-state index in [0.29, 0.717) is 11.6 Å². The fraction of sp³-hybridized carbons (Fsp3) is 0.846. The van der Waals surface area contributed by atoms with E-state index in [-0.39, 0.29) is 31.1 Å². The molecule has 3 fully saturated rings. The number of rotatable bonds is 6. The maximum Gasteiger partial charge on any atom is 0.294 e. The number of carbonyl (C=O) groups excluding carboxylic acids is 2. The van der Waals surface area contributed by atoms with Crippen molar-refractivity contribution < 1.29 is 29.0 Å². The van der Waals surface area contributed by atoms with Crippen LogP contribution in [0.1, 0.15) is 6.92 Å². The van der Waals surface area contributed by atoms with Crippen LogP contribution in [0.15, 0.2) is 0 Å². The zero-order chi connectivity index (χ0) is 18.0. The lowest BCUT2D eigenvalue weighted by atomic mass is 10.1. The van der Waals surface area contributed by atoms with Gasteiger partial charge in [0.2, 0.25) is 11.8 Å².